The van der Waals surface area contributed by atoms with Crippen molar-refractivity contribution in [2.75, 3.05) is 39.6 Å². The number of fused-ring (bicyclic) bond motifs is 2. The van der Waals surface area contributed by atoms with E-state index >= 15 is 0 Å². The van der Waals surface area contributed by atoms with E-state index in [1.165, 1.54) is 0 Å². The molecule has 0 aliphatic rings. The minimum Gasteiger partial charge on any atom is -0.488 e. The molecule has 0 bridgehead atoms. The van der Waals surface area contributed by atoms with Crippen LogP contribution in [-0.4, -0.2) is 63.8 Å². The van der Waals surface area contributed by atoms with Gasteiger partial charge in [0.2, 0.25) is 0 Å². The van der Waals surface area contributed by atoms with Crippen molar-refractivity contribution in [3.8, 4) is 11.5 Å². The van der Waals surface area contributed by atoms with Crippen LogP contribution in [0.15, 0.2) is 42.5 Å². The molecule has 0 aromatic heterocycles. The molecule has 3 rings (SSSR count). The molecular weight excluding hydrogens is 572 g/mol. The van der Waals surface area contributed by atoms with Crippen molar-refractivity contribution in [1.82, 2.24) is 0 Å². The summed E-state index contributed by atoms with van der Waals surface area (Å²) in [5, 5.41) is 3.49. The second-order valence-electron chi connectivity index (χ2n) is 11.5. The molecule has 0 N–H and O–H groups in total. The Balaban J connectivity index is 1.93. The van der Waals surface area contributed by atoms with Crippen LogP contribution in [-0.2, 0) is 28.5 Å². The number of hydrogen-bond donors (Lipinski definition) is 0. The normalized spacial score (nSPS) is 12.6. The summed E-state index contributed by atoms with van der Waals surface area (Å²) in [6.45, 7) is 12.2. The molecule has 2 atom stereocenters. The molecule has 0 saturated heterocycles. The second kappa shape index (κ2) is 19.9. The fraction of sp³-hybridized carbons (Fsp3) is 0.568. The molecule has 0 radical (unpaired) electrons. The Hall–Kier alpha value is -3.36. The lowest BCUT2D eigenvalue weighted by molar-refractivity contribution is -0.155. The zero-order valence-electron chi connectivity index (χ0n) is 27.9. The van der Waals surface area contributed by atoms with E-state index in [2.05, 4.69) is 6.07 Å². The number of aryl methyl sites for hydroxylation is 1. The van der Waals surface area contributed by atoms with Gasteiger partial charge in [0.1, 0.15) is 24.7 Å². The topological polar surface area (TPSA) is 89.5 Å². The highest BCUT2D eigenvalue weighted by molar-refractivity contribution is 6.11. The maximum absolute atomic E-state index is 12.5. The molecule has 8 heteroatoms. The average molecular weight is 625 g/mol. The number of carbonyl (C=O) groups is 2. The maximum Gasteiger partial charge on any atom is 0.306 e. The zero-order chi connectivity index (χ0) is 32.4. The Kier molecular flexibility index (Phi) is 16.0. The Morgan fingerprint density at radius 3 is 1.53 bits per heavy atom. The van der Waals surface area contributed by atoms with Crippen LogP contribution in [0.3, 0.4) is 0 Å². The van der Waals surface area contributed by atoms with Crippen LogP contribution in [0.25, 0.3) is 21.5 Å². The molecule has 0 aliphatic carbocycles. The standard InChI is InChI=1S/C37H52O8/c1-6-10-16-34(38)44-28(23-40-20-8-3)25-42-36-30-14-12-13-15-31(30)37(33-22-27(5)18-19-32(33)36)43-26-29(24-41-21-9-4)45-35(39)17-11-7-2/h12-15,18-19,22,28-29H,6-11,16-17,20-21,23-26H2,1-5H3. The first kappa shape index (κ1) is 36.1. The fourth-order valence-corrected chi connectivity index (χ4v) is 4.96. The summed E-state index contributed by atoms with van der Waals surface area (Å²) in [6, 6.07) is 14.1. The molecule has 248 valence electrons. The SMILES string of the molecule is CCCCC(=O)OC(COCCC)COc1c2ccccc2c(OCC(COCCC)OC(=O)CCCC)c2cc(C)ccc12. The molecule has 0 saturated carbocycles. The van der Waals surface area contributed by atoms with Gasteiger partial charge in [0.25, 0.3) is 0 Å². The van der Waals surface area contributed by atoms with Crippen molar-refractivity contribution in [3.63, 3.8) is 0 Å². The molecule has 8 nitrogen and oxygen atoms in total. The summed E-state index contributed by atoms with van der Waals surface area (Å²) in [7, 11) is 0. The van der Waals surface area contributed by atoms with E-state index in [4.69, 9.17) is 28.4 Å². The summed E-state index contributed by atoms with van der Waals surface area (Å²) in [5.41, 5.74) is 1.07. The van der Waals surface area contributed by atoms with E-state index in [0.717, 1.165) is 65.6 Å². The third-order valence-corrected chi connectivity index (χ3v) is 7.28. The Labute approximate surface area is 268 Å². The molecule has 0 fully saturated rings. The quantitative estimate of drug-likeness (QED) is 0.0629. The molecule has 2 unspecified atom stereocenters. The van der Waals surface area contributed by atoms with Crippen LogP contribution < -0.4 is 9.47 Å². The highest BCUT2D eigenvalue weighted by atomic mass is 16.6. The number of unbranched alkanes of at least 4 members (excludes halogenated alkanes) is 2. The molecule has 3 aromatic carbocycles. The van der Waals surface area contributed by atoms with Gasteiger partial charge in [-0.2, -0.15) is 0 Å². The second-order valence-corrected chi connectivity index (χ2v) is 11.5. The molecule has 45 heavy (non-hydrogen) atoms. The van der Waals surface area contributed by atoms with E-state index in [0.29, 0.717) is 37.6 Å². The van der Waals surface area contributed by atoms with Gasteiger partial charge in [0, 0.05) is 47.6 Å². The first-order valence-corrected chi connectivity index (χ1v) is 16.7. The van der Waals surface area contributed by atoms with Crippen molar-refractivity contribution in [2.24, 2.45) is 0 Å². The summed E-state index contributed by atoms with van der Waals surface area (Å²) >= 11 is 0. The summed E-state index contributed by atoms with van der Waals surface area (Å²) in [5.74, 6) is 0.891. The Morgan fingerprint density at radius 1 is 0.600 bits per heavy atom. The van der Waals surface area contributed by atoms with Gasteiger partial charge >= 0.3 is 11.9 Å². The number of benzene rings is 3. The van der Waals surface area contributed by atoms with Crippen LogP contribution >= 0.6 is 0 Å². The lowest BCUT2D eigenvalue weighted by Gasteiger charge is -2.23. The minimum absolute atomic E-state index is 0.152. The van der Waals surface area contributed by atoms with Gasteiger partial charge in [-0.05, 0) is 38.7 Å². The van der Waals surface area contributed by atoms with Gasteiger partial charge in [0.15, 0.2) is 12.2 Å². The number of esters is 2. The first-order valence-electron chi connectivity index (χ1n) is 16.7. The lowest BCUT2D eigenvalue weighted by Crippen LogP contribution is -2.30. The summed E-state index contributed by atoms with van der Waals surface area (Å²) in [4.78, 5) is 25.0. The number of ether oxygens (including phenoxy) is 6. The van der Waals surface area contributed by atoms with Gasteiger partial charge in [0.05, 0.1) is 13.2 Å². The fourth-order valence-electron chi connectivity index (χ4n) is 4.96. The molecule has 0 spiro atoms. The lowest BCUT2D eigenvalue weighted by atomic mass is 9.99. The van der Waals surface area contributed by atoms with Gasteiger partial charge < -0.3 is 28.4 Å². The molecule has 0 amide bonds. The van der Waals surface area contributed by atoms with Crippen molar-refractivity contribution in [2.45, 2.75) is 98.2 Å². The number of carbonyl (C=O) groups excluding carboxylic acids is 2. The Morgan fingerprint density at radius 2 is 1.07 bits per heavy atom. The van der Waals surface area contributed by atoms with E-state index in [9.17, 15) is 9.59 Å². The van der Waals surface area contributed by atoms with Crippen molar-refractivity contribution < 1.29 is 38.0 Å². The third-order valence-electron chi connectivity index (χ3n) is 7.28. The average Bonchev–Trinajstić information content (AvgIpc) is 3.04. The Bertz CT molecular complexity index is 1340. The van der Waals surface area contributed by atoms with Crippen molar-refractivity contribution in [3.05, 3.63) is 48.0 Å². The van der Waals surface area contributed by atoms with Gasteiger partial charge in [-0.25, -0.2) is 0 Å². The molecular formula is C37H52O8. The van der Waals surface area contributed by atoms with Crippen LogP contribution in [0, 0.1) is 6.92 Å². The van der Waals surface area contributed by atoms with E-state index in [1.54, 1.807) is 0 Å². The number of hydrogen-bond acceptors (Lipinski definition) is 8. The molecule has 0 heterocycles. The van der Waals surface area contributed by atoms with Crippen LogP contribution in [0.4, 0.5) is 0 Å². The van der Waals surface area contributed by atoms with E-state index in [-0.39, 0.29) is 38.4 Å². The van der Waals surface area contributed by atoms with E-state index in [1.807, 2.05) is 71.0 Å². The zero-order valence-corrected chi connectivity index (χ0v) is 27.9. The van der Waals surface area contributed by atoms with Gasteiger partial charge in [-0.1, -0.05) is 82.5 Å². The third kappa shape index (κ3) is 11.5. The maximum atomic E-state index is 12.5. The minimum atomic E-state index is -0.540. The van der Waals surface area contributed by atoms with Gasteiger partial charge in [-0.3, -0.25) is 9.59 Å². The van der Waals surface area contributed by atoms with Crippen LogP contribution in [0.1, 0.15) is 84.6 Å². The first-order chi connectivity index (χ1) is 21.9. The van der Waals surface area contributed by atoms with Crippen LogP contribution in [0.2, 0.25) is 0 Å². The van der Waals surface area contributed by atoms with Crippen molar-refractivity contribution in [1.29, 1.82) is 0 Å². The predicted molar refractivity (Wildman–Crippen MR) is 178 cm³/mol. The van der Waals surface area contributed by atoms with E-state index < -0.39 is 12.2 Å². The highest BCUT2D eigenvalue weighted by Crippen LogP contribution is 2.43. The highest BCUT2D eigenvalue weighted by Gasteiger charge is 2.22. The summed E-state index contributed by atoms with van der Waals surface area (Å²) in [6.07, 6.45) is 4.80. The van der Waals surface area contributed by atoms with Crippen LogP contribution in [0.5, 0.6) is 11.5 Å². The monoisotopic (exact) mass is 624 g/mol. The number of rotatable bonds is 22. The van der Waals surface area contributed by atoms with Gasteiger partial charge in [-0.15, -0.1) is 0 Å². The largest absolute Gasteiger partial charge is 0.488 e. The van der Waals surface area contributed by atoms with Crippen molar-refractivity contribution >= 4 is 33.5 Å². The summed E-state index contributed by atoms with van der Waals surface area (Å²) < 4.78 is 36.1. The predicted octanol–water partition coefficient (Wildman–Crippen LogP) is 8.12. The smallest absolute Gasteiger partial charge is 0.306 e. The molecule has 3 aromatic rings. The molecule has 0 aliphatic heterocycles.